The van der Waals surface area contributed by atoms with Gasteiger partial charge in [-0.05, 0) is 36.4 Å². The van der Waals surface area contributed by atoms with Crippen LogP contribution in [0.25, 0.3) is 33.1 Å². The summed E-state index contributed by atoms with van der Waals surface area (Å²) in [5.41, 5.74) is 3.44. The smallest absolute Gasteiger partial charge is 0.133 e. The van der Waals surface area contributed by atoms with Gasteiger partial charge in [0.05, 0.1) is 6.26 Å². The van der Waals surface area contributed by atoms with Crippen LogP contribution in [0.4, 0.5) is 0 Å². The Morgan fingerprint density at radius 3 is 2.56 bits per heavy atom. The van der Waals surface area contributed by atoms with E-state index < -0.39 is 0 Å². The number of rotatable bonds is 1. The van der Waals surface area contributed by atoms with E-state index in [9.17, 15) is 0 Å². The van der Waals surface area contributed by atoms with E-state index in [4.69, 9.17) is 4.42 Å². The summed E-state index contributed by atoms with van der Waals surface area (Å²) >= 11 is 0. The van der Waals surface area contributed by atoms with Crippen LogP contribution < -0.4 is 0 Å². The number of hydrogen-bond acceptors (Lipinski definition) is 1. The number of aromatic amines is 1. The fourth-order valence-corrected chi connectivity index (χ4v) is 2.44. The summed E-state index contributed by atoms with van der Waals surface area (Å²) in [6, 6.07) is 18.6. The maximum atomic E-state index is 5.45. The molecular weight excluding hydrogens is 222 g/mol. The molecule has 4 aromatic rings. The Balaban J connectivity index is 2.07. The van der Waals surface area contributed by atoms with Gasteiger partial charge in [0.25, 0.3) is 0 Å². The van der Waals surface area contributed by atoms with Crippen molar-refractivity contribution in [3.05, 3.63) is 60.9 Å². The Morgan fingerprint density at radius 1 is 0.778 bits per heavy atom. The second-order valence-corrected chi connectivity index (χ2v) is 4.41. The topological polar surface area (TPSA) is 28.9 Å². The molecule has 2 heteroatoms. The summed E-state index contributed by atoms with van der Waals surface area (Å²) in [4.78, 5) is 3.42. The molecule has 0 bridgehead atoms. The van der Waals surface area contributed by atoms with Gasteiger partial charge in [-0.1, -0.05) is 18.2 Å². The molecular formula is C16H11NO. The maximum Gasteiger partial charge on any atom is 0.133 e. The van der Waals surface area contributed by atoms with Crippen LogP contribution in [-0.2, 0) is 0 Å². The highest BCUT2D eigenvalue weighted by molar-refractivity contribution is 6.08. The molecule has 0 saturated carbocycles. The molecule has 0 fully saturated rings. The van der Waals surface area contributed by atoms with Crippen LogP contribution in [0.2, 0.25) is 0 Å². The number of hydrogen-bond donors (Lipinski definition) is 1. The van der Waals surface area contributed by atoms with Crippen molar-refractivity contribution in [1.82, 2.24) is 4.98 Å². The summed E-state index contributed by atoms with van der Waals surface area (Å²) in [6.07, 6.45) is 1.70. The van der Waals surface area contributed by atoms with Crippen LogP contribution in [0.3, 0.4) is 0 Å². The molecule has 2 heterocycles. The first-order chi connectivity index (χ1) is 8.92. The third kappa shape index (κ3) is 1.29. The van der Waals surface area contributed by atoms with E-state index in [1.165, 1.54) is 16.3 Å². The number of furan rings is 1. The number of H-pyrrole nitrogens is 1. The van der Waals surface area contributed by atoms with Crippen molar-refractivity contribution < 1.29 is 4.42 Å². The molecule has 0 aliphatic rings. The Kier molecular flexibility index (Phi) is 1.86. The van der Waals surface area contributed by atoms with Crippen LogP contribution in [-0.4, -0.2) is 4.98 Å². The standard InChI is InChI=1S/C16H11NO/c1-2-5-14-12(4-1)13-10-11(7-8-15(13)17-14)16-6-3-9-18-16/h1-10,17H. The summed E-state index contributed by atoms with van der Waals surface area (Å²) < 4.78 is 5.45. The van der Waals surface area contributed by atoms with Gasteiger partial charge >= 0.3 is 0 Å². The second kappa shape index (κ2) is 3.50. The van der Waals surface area contributed by atoms with Crippen molar-refractivity contribution >= 4 is 21.8 Å². The lowest BCUT2D eigenvalue weighted by Gasteiger charge is -1.97. The van der Waals surface area contributed by atoms with Crippen LogP contribution in [0.15, 0.2) is 65.3 Å². The molecule has 2 aromatic carbocycles. The fraction of sp³-hybridized carbons (Fsp3) is 0. The number of benzene rings is 2. The van der Waals surface area contributed by atoms with Crippen LogP contribution >= 0.6 is 0 Å². The quantitative estimate of drug-likeness (QED) is 0.512. The average molecular weight is 233 g/mol. The van der Waals surface area contributed by atoms with E-state index >= 15 is 0 Å². The Morgan fingerprint density at radius 2 is 1.67 bits per heavy atom. The summed E-state index contributed by atoms with van der Waals surface area (Å²) in [5.74, 6) is 0.905. The third-order valence-electron chi connectivity index (χ3n) is 3.31. The van der Waals surface area contributed by atoms with Gasteiger partial charge in [0, 0.05) is 27.4 Å². The highest BCUT2D eigenvalue weighted by atomic mass is 16.3. The normalized spacial score (nSPS) is 11.3. The molecule has 0 saturated heterocycles. The lowest BCUT2D eigenvalue weighted by molar-refractivity contribution is 0.582. The number of fused-ring (bicyclic) bond motifs is 3. The summed E-state index contributed by atoms with van der Waals surface area (Å²) in [7, 11) is 0. The Hall–Kier alpha value is -2.48. The van der Waals surface area contributed by atoms with Gasteiger partial charge in [0.2, 0.25) is 0 Å². The van der Waals surface area contributed by atoms with Gasteiger partial charge in [-0.25, -0.2) is 0 Å². The van der Waals surface area contributed by atoms with Crippen LogP contribution in [0.5, 0.6) is 0 Å². The minimum Gasteiger partial charge on any atom is -0.464 e. The maximum absolute atomic E-state index is 5.45. The molecule has 0 aliphatic heterocycles. The molecule has 4 rings (SSSR count). The van der Waals surface area contributed by atoms with Crippen LogP contribution in [0.1, 0.15) is 0 Å². The van der Waals surface area contributed by atoms with Gasteiger partial charge in [-0.15, -0.1) is 0 Å². The molecule has 2 aromatic heterocycles. The zero-order valence-electron chi connectivity index (χ0n) is 9.68. The van der Waals surface area contributed by atoms with E-state index in [0.29, 0.717) is 0 Å². The zero-order chi connectivity index (χ0) is 11.9. The van der Waals surface area contributed by atoms with Crippen molar-refractivity contribution in [2.75, 3.05) is 0 Å². The SMILES string of the molecule is c1coc(-c2ccc3[nH]c4ccccc4c3c2)c1. The third-order valence-corrected chi connectivity index (χ3v) is 3.31. The minimum absolute atomic E-state index is 0.905. The lowest BCUT2D eigenvalue weighted by Crippen LogP contribution is -1.73. The number of aromatic nitrogens is 1. The monoisotopic (exact) mass is 233 g/mol. The number of nitrogens with one attached hydrogen (secondary N) is 1. The highest BCUT2D eigenvalue weighted by Crippen LogP contribution is 2.29. The molecule has 86 valence electrons. The molecule has 0 spiro atoms. The van der Waals surface area contributed by atoms with Crippen molar-refractivity contribution in [2.45, 2.75) is 0 Å². The van der Waals surface area contributed by atoms with Crippen molar-refractivity contribution in [3.8, 4) is 11.3 Å². The molecule has 1 N–H and O–H groups in total. The largest absolute Gasteiger partial charge is 0.464 e. The Bertz CT molecular complexity index is 825. The molecule has 18 heavy (non-hydrogen) atoms. The molecule has 2 nitrogen and oxygen atoms in total. The molecule has 0 aliphatic carbocycles. The van der Waals surface area contributed by atoms with Crippen LogP contribution in [0, 0.1) is 0 Å². The second-order valence-electron chi connectivity index (χ2n) is 4.41. The van der Waals surface area contributed by atoms with E-state index in [2.05, 4.69) is 41.4 Å². The van der Waals surface area contributed by atoms with Gasteiger partial charge in [0.15, 0.2) is 0 Å². The highest BCUT2D eigenvalue weighted by Gasteiger charge is 2.06. The van der Waals surface area contributed by atoms with Crippen molar-refractivity contribution in [2.24, 2.45) is 0 Å². The van der Waals surface area contributed by atoms with Gasteiger partial charge < -0.3 is 9.40 Å². The molecule has 0 unspecified atom stereocenters. The van der Waals surface area contributed by atoms with Gasteiger partial charge in [-0.3, -0.25) is 0 Å². The summed E-state index contributed by atoms with van der Waals surface area (Å²) in [5, 5.41) is 2.49. The average Bonchev–Trinajstić information content (AvgIpc) is 3.05. The molecule has 0 atom stereocenters. The molecule has 0 radical (unpaired) electrons. The number of para-hydroxylation sites is 1. The first kappa shape index (κ1) is 9.54. The minimum atomic E-state index is 0.905. The van der Waals surface area contributed by atoms with E-state index in [1.54, 1.807) is 6.26 Å². The zero-order valence-corrected chi connectivity index (χ0v) is 9.68. The van der Waals surface area contributed by atoms with Crippen molar-refractivity contribution in [3.63, 3.8) is 0 Å². The van der Waals surface area contributed by atoms with Gasteiger partial charge in [0.1, 0.15) is 5.76 Å². The van der Waals surface area contributed by atoms with E-state index in [1.807, 2.05) is 18.2 Å². The predicted molar refractivity (Wildman–Crippen MR) is 73.5 cm³/mol. The van der Waals surface area contributed by atoms with Crippen molar-refractivity contribution in [1.29, 1.82) is 0 Å². The fourth-order valence-electron chi connectivity index (χ4n) is 2.44. The van der Waals surface area contributed by atoms with E-state index in [0.717, 1.165) is 16.8 Å². The molecule has 0 amide bonds. The van der Waals surface area contributed by atoms with Gasteiger partial charge in [-0.2, -0.15) is 0 Å². The predicted octanol–water partition coefficient (Wildman–Crippen LogP) is 4.58. The first-order valence-electron chi connectivity index (χ1n) is 5.96. The first-order valence-corrected chi connectivity index (χ1v) is 5.96. The van der Waals surface area contributed by atoms with E-state index in [-0.39, 0.29) is 0 Å². The lowest BCUT2D eigenvalue weighted by atomic mass is 10.1. The summed E-state index contributed by atoms with van der Waals surface area (Å²) in [6.45, 7) is 0. The Labute approximate surface area is 104 Å².